The zero-order valence-corrected chi connectivity index (χ0v) is 11.7. The molecule has 0 atom stereocenters. The van der Waals surface area contributed by atoms with E-state index in [1.165, 1.54) is 0 Å². The van der Waals surface area contributed by atoms with Gasteiger partial charge in [0.1, 0.15) is 0 Å². The Bertz CT molecular complexity index is 731. The molecule has 0 unspecified atom stereocenters. The molecule has 1 aliphatic heterocycles. The minimum Gasteiger partial charge on any atom is -0.300 e. The van der Waals surface area contributed by atoms with E-state index in [-0.39, 0.29) is 0 Å². The molecule has 3 rings (SSSR count). The lowest BCUT2D eigenvalue weighted by molar-refractivity contribution is -0.114. The molecule has 5 heteroatoms. The quantitative estimate of drug-likeness (QED) is 0.781. The van der Waals surface area contributed by atoms with Gasteiger partial charge >= 0.3 is 0 Å². The maximum absolute atomic E-state index is 12.2. The van der Waals surface area contributed by atoms with Gasteiger partial charge in [0.2, 0.25) is 0 Å². The Balaban J connectivity index is 2.07. The van der Waals surface area contributed by atoms with Gasteiger partial charge in [-0.15, -0.1) is 0 Å². The van der Waals surface area contributed by atoms with Gasteiger partial charge in [-0.1, -0.05) is 6.07 Å². The van der Waals surface area contributed by atoms with Crippen LogP contribution in [0, 0.1) is 13.8 Å². The number of benzene rings is 1. The number of carbonyl (C=O) groups excluding carboxylic acids is 2. The van der Waals surface area contributed by atoms with Gasteiger partial charge in [0.15, 0.2) is 0 Å². The number of aryl methyl sites for hydroxylation is 2. The molecule has 0 saturated heterocycles. The predicted octanol–water partition coefficient (Wildman–Crippen LogP) is 1.77. The second kappa shape index (κ2) is 4.30. The molecular weight excluding hydrogens is 254 g/mol. The van der Waals surface area contributed by atoms with E-state index in [0.717, 1.165) is 22.4 Å². The van der Waals surface area contributed by atoms with Crippen molar-refractivity contribution >= 4 is 17.4 Å². The van der Waals surface area contributed by atoms with Gasteiger partial charge in [-0.25, -0.2) is 0 Å². The zero-order chi connectivity index (χ0) is 14.4. The van der Waals surface area contributed by atoms with E-state index in [1.807, 2.05) is 33.2 Å². The van der Waals surface area contributed by atoms with Crippen molar-refractivity contribution in [2.45, 2.75) is 20.4 Å². The van der Waals surface area contributed by atoms with Crippen molar-refractivity contribution in [2.75, 3.05) is 4.90 Å². The summed E-state index contributed by atoms with van der Waals surface area (Å²) in [4.78, 5) is 25.8. The van der Waals surface area contributed by atoms with Gasteiger partial charge in [0.25, 0.3) is 11.7 Å². The summed E-state index contributed by atoms with van der Waals surface area (Å²) in [6.45, 7) is 4.29. The SMILES string of the molecule is Cc1ccc2c(c1C)N(Cc1cnn(C)c1)C(=O)C2=O. The van der Waals surface area contributed by atoms with Gasteiger partial charge in [0, 0.05) is 18.8 Å². The number of carbonyl (C=O) groups is 2. The van der Waals surface area contributed by atoms with Gasteiger partial charge in [0.05, 0.1) is 24.0 Å². The molecule has 102 valence electrons. The van der Waals surface area contributed by atoms with Gasteiger partial charge in [-0.2, -0.15) is 5.10 Å². The molecule has 0 bridgehead atoms. The van der Waals surface area contributed by atoms with Crippen molar-refractivity contribution in [3.63, 3.8) is 0 Å². The first-order valence-electron chi connectivity index (χ1n) is 6.43. The van der Waals surface area contributed by atoms with E-state index in [1.54, 1.807) is 21.8 Å². The lowest BCUT2D eigenvalue weighted by atomic mass is 10.0. The number of ketones is 1. The Morgan fingerprint density at radius 1 is 1.20 bits per heavy atom. The molecule has 0 saturated carbocycles. The van der Waals surface area contributed by atoms with E-state index >= 15 is 0 Å². The number of hydrogen-bond donors (Lipinski definition) is 0. The topological polar surface area (TPSA) is 55.2 Å². The van der Waals surface area contributed by atoms with Crippen molar-refractivity contribution < 1.29 is 9.59 Å². The van der Waals surface area contributed by atoms with E-state index in [9.17, 15) is 9.59 Å². The van der Waals surface area contributed by atoms with Crippen LogP contribution in [0.15, 0.2) is 24.5 Å². The zero-order valence-electron chi connectivity index (χ0n) is 11.7. The number of aromatic nitrogens is 2. The van der Waals surface area contributed by atoms with Crippen molar-refractivity contribution in [2.24, 2.45) is 7.05 Å². The maximum atomic E-state index is 12.2. The van der Waals surface area contributed by atoms with E-state index in [4.69, 9.17) is 0 Å². The van der Waals surface area contributed by atoms with Crippen LogP contribution in [0.25, 0.3) is 0 Å². The Morgan fingerprint density at radius 3 is 2.60 bits per heavy atom. The van der Waals surface area contributed by atoms with Crippen molar-refractivity contribution in [1.29, 1.82) is 0 Å². The molecule has 0 radical (unpaired) electrons. The van der Waals surface area contributed by atoms with Gasteiger partial charge in [-0.3, -0.25) is 19.2 Å². The highest BCUT2D eigenvalue weighted by molar-refractivity contribution is 6.52. The fourth-order valence-electron chi connectivity index (χ4n) is 2.56. The minimum atomic E-state index is -0.461. The van der Waals surface area contributed by atoms with E-state index < -0.39 is 11.7 Å². The van der Waals surface area contributed by atoms with Crippen LogP contribution in [0.1, 0.15) is 27.0 Å². The number of anilines is 1. The monoisotopic (exact) mass is 269 g/mol. The molecule has 1 aliphatic rings. The summed E-state index contributed by atoms with van der Waals surface area (Å²) < 4.78 is 1.68. The summed E-state index contributed by atoms with van der Waals surface area (Å²) in [7, 11) is 1.82. The number of amides is 1. The summed E-state index contributed by atoms with van der Waals surface area (Å²) in [5, 5.41) is 4.09. The average Bonchev–Trinajstić information content (AvgIpc) is 2.92. The first-order valence-corrected chi connectivity index (χ1v) is 6.43. The highest BCUT2D eigenvalue weighted by Gasteiger charge is 2.37. The lowest BCUT2D eigenvalue weighted by Gasteiger charge is -2.18. The Kier molecular flexibility index (Phi) is 2.71. The minimum absolute atomic E-state index is 0.371. The fraction of sp³-hybridized carbons (Fsp3) is 0.267. The van der Waals surface area contributed by atoms with Crippen LogP contribution < -0.4 is 4.90 Å². The molecule has 2 heterocycles. The molecule has 0 spiro atoms. The number of fused-ring (bicyclic) bond motifs is 1. The van der Waals surface area contributed by atoms with Crippen LogP contribution in [0.3, 0.4) is 0 Å². The summed E-state index contributed by atoms with van der Waals surface area (Å²) in [6, 6.07) is 3.62. The van der Waals surface area contributed by atoms with Gasteiger partial charge in [-0.05, 0) is 31.0 Å². The van der Waals surface area contributed by atoms with E-state index in [0.29, 0.717) is 12.1 Å². The van der Waals surface area contributed by atoms with E-state index in [2.05, 4.69) is 5.10 Å². The van der Waals surface area contributed by atoms with Crippen LogP contribution in [0.2, 0.25) is 0 Å². The molecule has 0 N–H and O–H groups in total. The maximum Gasteiger partial charge on any atom is 0.299 e. The second-order valence-electron chi connectivity index (χ2n) is 5.15. The Labute approximate surface area is 116 Å². The standard InChI is InChI=1S/C15H15N3O2/c1-9-4-5-12-13(10(9)2)18(15(20)14(12)19)8-11-6-16-17(3)7-11/h4-7H,8H2,1-3H3. The third kappa shape index (κ3) is 1.74. The second-order valence-corrected chi connectivity index (χ2v) is 5.15. The predicted molar refractivity (Wildman–Crippen MR) is 74.6 cm³/mol. The van der Waals surface area contributed by atoms with Crippen LogP contribution in [0.4, 0.5) is 5.69 Å². The molecule has 1 amide bonds. The van der Waals surface area contributed by atoms with Crippen molar-refractivity contribution in [1.82, 2.24) is 9.78 Å². The first-order chi connectivity index (χ1) is 9.49. The van der Waals surface area contributed by atoms with Crippen LogP contribution >= 0.6 is 0 Å². The third-order valence-corrected chi connectivity index (χ3v) is 3.75. The number of rotatable bonds is 2. The number of hydrogen-bond acceptors (Lipinski definition) is 3. The highest BCUT2D eigenvalue weighted by atomic mass is 16.2. The fourth-order valence-corrected chi connectivity index (χ4v) is 2.56. The summed E-state index contributed by atoms with van der Waals surface area (Å²) in [6.07, 6.45) is 3.56. The summed E-state index contributed by atoms with van der Waals surface area (Å²) >= 11 is 0. The van der Waals surface area contributed by atoms with Gasteiger partial charge < -0.3 is 0 Å². The highest BCUT2D eigenvalue weighted by Crippen LogP contribution is 2.34. The average molecular weight is 269 g/mol. The molecule has 1 aromatic heterocycles. The molecule has 0 fully saturated rings. The van der Waals surface area contributed by atoms with Crippen molar-refractivity contribution in [3.05, 3.63) is 46.8 Å². The normalized spacial score (nSPS) is 14.1. The smallest absolute Gasteiger partial charge is 0.299 e. The molecule has 2 aromatic rings. The number of nitrogens with zero attached hydrogens (tertiary/aromatic N) is 3. The van der Waals surface area contributed by atoms with Crippen LogP contribution in [-0.4, -0.2) is 21.5 Å². The van der Waals surface area contributed by atoms with Crippen LogP contribution in [0.5, 0.6) is 0 Å². The Morgan fingerprint density at radius 2 is 1.95 bits per heavy atom. The summed E-state index contributed by atoms with van der Waals surface area (Å²) in [5.74, 6) is -0.885. The Hall–Kier alpha value is -2.43. The lowest BCUT2D eigenvalue weighted by Crippen LogP contribution is -2.29. The molecule has 1 aromatic carbocycles. The summed E-state index contributed by atoms with van der Waals surface area (Å²) in [5.41, 5.74) is 4.20. The molecule has 20 heavy (non-hydrogen) atoms. The van der Waals surface area contributed by atoms with Crippen molar-refractivity contribution in [3.8, 4) is 0 Å². The largest absolute Gasteiger partial charge is 0.300 e. The first kappa shape index (κ1) is 12.6. The number of Topliss-reactive ketones (excluding diaryl/α,β-unsaturated/α-hetero) is 1. The molecule has 5 nitrogen and oxygen atoms in total. The third-order valence-electron chi connectivity index (χ3n) is 3.75. The van der Waals surface area contributed by atoms with Crippen LogP contribution in [-0.2, 0) is 18.4 Å². The molecule has 0 aliphatic carbocycles. The molecular formula is C15H15N3O2.